The molecular formula is C19H21NO5S. The largest absolute Gasteiger partial charge is 0.478 e. The van der Waals surface area contributed by atoms with E-state index in [1.165, 1.54) is 24.3 Å². The highest BCUT2D eigenvalue weighted by Crippen LogP contribution is 2.22. The zero-order valence-electron chi connectivity index (χ0n) is 14.8. The first-order valence-corrected chi connectivity index (χ1v) is 9.61. The minimum atomic E-state index is -3.34. The van der Waals surface area contributed by atoms with Crippen LogP contribution >= 0.6 is 0 Å². The number of carboxylic acid groups (broad SMARTS) is 1. The third kappa shape index (κ3) is 4.70. The molecule has 0 radical (unpaired) electrons. The van der Waals surface area contributed by atoms with Gasteiger partial charge in [0.2, 0.25) is 0 Å². The van der Waals surface area contributed by atoms with E-state index >= 15 is 0 Å². The molecule has 0 aliphatic rings. The van der Waals surface area contributed by atoms with Gasteiger partial charge in [0, 0.05) is 11.3 Å². The highest BCUT2D eigenvalue weighted by Gasteiger charge is 2.29. The van der Waals surface area contributed by atoms with Crippen molar-refractivity contribution in [3.63, 3.8) is 0 Å². The second-order valence-corrected chi connectivity index (χ2v) is 9.65. The summed E-state index contributed by atoms with van der Waals surface area (Å²) in [5.74, 6) is -1.72. The Hall–Kier alpha value is -2.67. The molecule has 0 atom stereocenters. The number of carboxylic acids is 1. The molecule has 0 unspecified atom stereocenters. The molecule has 1 amide bonds. The summed E-state index contributed by atoms with van der Waals surface area (Å²) in [6.45, 7) is 4.93. The van der Waals surface area contributed by atoms with E-state index in [0.29, 0.717) is 11.3 Å². The SMILES string of the molecule is CC(C)(C)S(=O)(=O)Cc1cccc(NC(=O)c2cccc(C(=O)O)c2)c1. The number of anilines is 1. The van der Waals surface area contributed by atoms with Gasteiger partial charge in [-0.15, -0.1) is 0 Å². The van der Waals surface area contributed by atoms with E-state index in [2.05, 4.69) is 5.32 Å². The maximum Gasteiger partial charge on any atom is 0.335 e. The number of carbonyl (C=O) groups is 2. The number of aromatic carboxylic acids is 1. The molecule has 2 rings (SSSR count). The van der Waals surface area contributed by atoms with Crippen molar-refractivity contribution in [3.8, 4) is 0 Å². The van der Waals surface area contributed by atoms with Crippen molar-refractivity contribution >= 4 is 27.4 Å². The van der Waals surface area contributed by atoms with Crippen LogP contribution in [-0.2, 0) is 15.6 Å². The molecule has 0 fully saturated rings. The van der Waals surface area contributed by atoms with Crippen LogP contribution in [0.15, 0.2) is 48.5 Å². The first-order chi connectivity index (χ1) is 12.0. The van der Waals surface area contributed by atoms with E-state index in [0.717, 1.165) is 0 Å². The Morgan fingerprint density at radius 2 is 1.62 bits per heavy atom. The van der Waals surface area contributed by atoms with Gasteiger partial charge in [-0.25, -0.2) is 13.2 Å². The van der Waals surface area contributed by atoms with E-state index in [1.54, 1.807) is 45.0 Å². The summed E-state index contributed by atoms with van der Waals surface area (Å²) < 4.78 is 23.8. The predicted molar refractivity (Wildman–Crippen MR) is 100 cm³/mol. The van der Waals surface area contributed by atoms with Crippen molar-refractivity contribution < 1.29 is 23.1 Å². The van der Waals surface area contributed by atoms with Crippen LogP contribution in [0.25, 0.3) is 0 Å². The van der Waals surface area contributed by atoms with E-state index < -0.39 is 26.5 Å². The molecule has 6 nitrogen and oxygen atoms in total. The van der Waals surface area contributed by atoms with Crippen LogP contribution in [0.1, 0.15) is 47.1 Å². The Morgan fingerprint density at radius 3 is 2.23 bits per heavy atom. The topological polar surface area (TPSA) is 101 Å². The first-order valence-electron chi connectivity index (χ1n) is 7.95. The van der Waals surface area contributed by atoms with Crippen LogP contribution in [-0.4, -0.2) is 30.1 Å². The molecule has 0 aromatic heterocycles. The molecule has 7 heteroatoms. The van der Waals surface area contributed by atoms with Crippen LogP contribution in [0, 0.1) is 0 Å². The lowest BCUT2D eigenvalue weighted by molar-refractivity contribution is 0.0697. The number of sulfone groups is 1. The Labute approximate surface area is 152 Å². The molecule has 2 N–H and O–H groups in total. The number of benzene rings is 2. The standard InChI is InChI=1S/C19H21NO5S/c1-19(2,3)26(24,25)12-13-6-4-9-16(10-13)20-17(21)14-7-5-8-15(11-14)18(22)23/h4-11H,12H2,1-3H3,(H,20,21)(H,22,23). The van der Waals surface area contributed by atoms with Crippen molar-refractivity contribution in [1.82, 2.24) is 0 Å². The Morgan fingerprint density at radius 1 is 1.00 bits per heavy atom. The van der Waals surface area contributed by atoms with Gasteiger partial charge in [-0.1, -0.05) is 18.2 Å². The third-order valence-electron chi connectivity index (χ3n) is 3.85. The van der Waals surface area contributed by atoms with Crippen molar-refractivity contribution in [3.05, 3.63) is 65.2 Å². The maximum atomic E-state index is 12.3. The smallest absolute Gasteiger partial charge is 0.335 e. The second-order valence-electron chi connectivity index (χ2n) is 6.91. The van der Waals surface area contributed by atoms with Gasteiger partial charge in [-0.3, -0.25) is 4.79 Å². The fourth-order valence-corrected chi connectivity index (χ4v) is 3.22. The fraction of sp³-hybridized carbons (Fsp3) is 0.263. The highest BCUT2D eigenvalue weighted by atomic mass is 32.2. The molecule has 26 heavy (non-hydrogen) atoms. The summed E-state index contributed by atoms with van der Waals surface area (Å²) in [6, 6.07) is 12.3. The third-order valence-corrected chi connectivity index (χ3v) is 6.43. The predicted octanol–water partition coefficient (Wildman–Crippen LogP) is 3.35. The van der Waals surface area contributed by atoms with Gasteiger partial charge in [-0.2, -0.15) is 0 Å². The molecule has 0 aliphatic carbocycles. The first kappa shape index (κ1) is 19.7. The Balaban J connectivity index is 2.20. The monoisotopic (exact) mass is 375 g/mol. The molecule has 2 aromatic rings. The van der Waals surface area contributed by atoms with Gasteiger partial charge in [0.15, 0.2) is 9.84 Å². The molecule has 0 saturated carbocycles. The molecule has 138 valence electrons. The summed E-state index contributed by atoms with van der Waals surface area (Å²) in [4.78, 5) is 23.3. The van der Waals surface area contributed by atoms with Crippen LogP contribution in [0.4, 0.5) is 5.69 Å². The zero-order valence-corrected chi connectivity index (χ0v) is 15.6. The second kappa shape index (κ2) is 7.29. The quantitative estimate of drug-likeness (QED) is 0.835. The van der Waals surface area contributed by atoms with Crippen LogP contribution in [0.5, 0.6) is 0 Å². The summed E-state index contributed by atoms with van der Waals surface area (Å²) in [7, 11) is -3.34. The van der Waals surface area contributed by atoms with Crippen molar-refractivity contribution in [2.75, 3.05) is 5.32 Å². The van der Waals surface area contributed by atoms with Crippen LogP contribution < -0.4 is 5.32 Å². The average Bonchev–Trinajstić information content (AvgIpc) is 2.53. The summed E-state index contributed by atoms with van der Waals surface area (Å²) in [6.07, 6.45) is 0. The molecule has 0 spiro atoms. The fourth-order valence-electron chi connectivity index (χ4n) is 2.17. The van der Waals surface area contributed by atoms with E-state index in [1.807, 2.05) is 0 Å². The van der Waals surface area contributed by atoms with Crippen LogP contribution in [0.2, 0.25) is 0 Å². The van der Waals surface area contributed by atoms with E-state index in [4.69, 9.17) is 5.11 Å². The van der Waals surface area contributed by atoms with Crippen LogP contribution in [0.3, 0.4) is 0 Å². The lowest BCUT2D eigenvalue weighted by Gasteiger charge is -2.19. The molecule has 0 heterocycles. The number of amides is 1. The van der Waals surface area contributed by atoms with E-state index in [9.17, 15) is 18.0 Å². The van der Waals surface area contributed by atoms with Gasteiger partial charge >= 0.3 is 5.97 Å². The van der Waals surface area contributed by atoms with E-state index in [-0.39, 0.29) is 16.9 Å². The van der Waals surface area contributed by atoms with Crippen molar-refractivity contribution in [1.29, 1.82) is 0 Å². The highest BCUT2D eigenvalue weighted by molar-refractivity contribution is 7.91. The van der Waals surface area contributed by atoms with Gasteiger partial charge in [0.1, 0.15) is 0 Å². The lowest BCUT2D eigenvalue weighted by atomic mass is 10.1. The van der Waals surface area contributed by atoms with Gasteiger partial charge in [0.05, 0.1) is 16.1 Å². The number of carbonyl (C=O) groups excluding carboxylic acids is 1. The minimum absolute atomic E-state index is 0.0164. The van der Waals surface area contributed by atoms with Crippen molar-refractivity contribution in [2.45, 2.75) is 31.3 Å². The number of hydrogen-bond acceptors (Lipinski definition) is 4. The molecule has 2 aromatic carbocycles. The molecule has 0 aliphatic heterocycles. The summed E-state index contributed by atoms with van der Waals surface area (Å²) >= 11 is 0. The number of rotatable bonds is 5. The maximum absolute atomic E-state index is 12.3. The normalized spacial score (nSPS) is 11.8. The van der Waals surface area contributed by atoms with Gasteiger partial charge in [0.25, 0.3) is 5.91 Å². The summed E-state index contributed by atoms with van der Waals surface area (Å²) in [5, 5.41) is 11.7. The Bertz CT molecular complexity index is 942. The molecule has 0 saturated heterocycles. The minimum Gasteiger partial charge on any atom is -0.478 e. The van der Waals surface area contributed by atoms with Crippen molar-refractivity contribution in [2.24, 2.45) is 0 Å². The van der Waals surface area contributed by atoms with Gasteiger partial charge < -0.3 is 10.4 Å². The number of hydrogen-bond donors (Lipinski definition) is 2. The Kier molecular flexibility index (Phi) is 5.51. The zero-order chi connectivity index (χ0) is 19.5. The molecule has 0 bridgehead atoms. The number of nitrogens with one attached hydrogen (secondary N) is 1. The van der Waals surface area contributed by atoms with Gasteiger partial charge in [-0.05, 0) is 56.7 Å². The average molecular weight is 375 g/mol. The summed E-state index contributed by atoms with van der Waals surface area (Å²) in [5.41, 5.74) is 1.23. The molecular weight excluding hydrogens is 354 g/mol. The lowest BCUT2D eigenvalue weighted by Crippen LogP contribution is -2.29.